The summed E-state index contributed by atoms with van der Waals surface area (Å²) in [5.41, 5.74) is 1.21. The Morgan fingerprint density at radius 2 is 1.74 bits per heavy atom. The lowest BCUT2D eigenvalue weighted by Gasteiger charge is -2.30. The average molecular weight is 263 g/mol. The molecule has 0 radical (unpaired) electrons. The summed E-state index contributed by atoms with van der Waals surface area (Å²) in [6.45, 7) is 8.98. The molecule has 1 atom stereocenters. The fourth-order valence-corrected chi connectivity index (χ4v) is 2.12. The SMILES string of the molecule is CCCN(CCN(C)C)C(C)CNc1ccccc1. The maximum absolute atomic E-state index is 3.52. The molecule has 0 fully saturated rings. The Balaban J connectivity index is 2.40. The van der Waals surface area contributed by atoms with E-state index in [1.165, 1.54) is 18.7 Å². The van der Waals surface area contributed by atoms with Gasteiger partial charge in [0.2, 0.25) is 0 Å². The van der Waals surface area contributed by atoms with Crippen molar-refractivity contribution < 1.29 is 0 Å². The maximum Gasteiger partial charge on any atom is 0.0340 e. The number of para-hydroxylation sites is 1. The second-order valence-electron chi connectivity index (χ2n) is 5.44. The van der Waals surface area contributed by atoms with Crippen molar-refractivity contribution in [3.05, 3.63) is 30.3 Å². The number of nitrogens with one attached hydrogen (secondary N) is 1. The second-order valence-corrected chi connectivity index (χ2v) is 5.44. The van der Waals surface area contributed by atoms with Gasteiger partial charge in [-0.1, -0.05) is 25.1 Å². The predicted octanol–water partition coefficient (Wildman–Crippen LogP) is 2.76. The zero-order valence-electron chi connectivity index (χ0n) is 12.9. The van der Waals surface area contributed by atoms with Crippen molar-refractivity contribution in [2.45, 2.75) is 26.3 Å². The van der Waals surface area contributed by atoms with Gasteiger partial charge in [-0.05, 0) is 46.1 Å². The molecule has 0 aliphatic carbocycles. The molecule has 0 heterocycles. The molecule has 3 nitrogen and oxygen atoms in total. The molecular weight excluding hydrogens is 234 g/mol. The van der Waals surface area contributed by atoms with Crippen molar-refractivity contribution in [1.29, 1.82) is 0 Å². The summed E-state index contributed by atoms with van der Waals surface area (Å²) >= 11 is 0. The van der Waals surface area contributed by atoms with Gasteiger partial charge in [-0.2, -0.15) is 0 Å². The van der Waals surface area contributed by atoms with Gasteiger partial charge in [-0.3, -0.25) is 4.90 Å². The maximum atomic E-state index is 3.52. The van der Waals surface area contributed by atoms with Gasteiger partial charge < -0.3 is 10.2 Å². The Kier molecular flexibility index (Phi) is 7.53. The van der Waals surface area contributed by atoms with E-state index in [0.29, 0.717) is 6.04 Å². The van der Waals surface area contributed by atoms with Gasteiger partial charge in [0.15, 0.2) is 0 Å². The van der Waals surface area contributed by atoms with E-state index < -0.39 is 0 Å². The van der Waals surface area contributed by atoms with Gasteiger partial charge in [0.1, 0.15) is 0 Å². The molecule has 0 saturated carbocycles. The van der Waals surface area contributed by atoms with Crippen LogP contribution in [-0.2, 0) is 0 Å². The number of anilines is 1. The zero-order valence-corrected chi connectivity index (χ0v) is 12.9. The molecule has 0 saturated heterocycles. The fraction of sp³-hybridized carbons (Fsp3) is 0.625. The molecule has 108 valence electrons. The molecule has 1 rings (SSSR count). The monoisotopic (exact) mass is 263 g/mol. The van der Waals surface area contributed by atoms with Crippen LogP contribution >= 0.6 is 0 Å². The zero-order chi connectivity index (χ0) is 14.1. The molecule has 0 amide bonds. The molecule has 19 heavy (non-hydrogen) atoms. The lowest BCUT2D eigenvalue weighted by Crippen LogP contribution is -2.42. The van der Waals surface area contributed by atoms with Gasteiger partial charge in [-0.25, -0.2) is 0 Å². The van der Waals surface area contributed by atoms with Crippen molar-refractivity contribution in [3.8, 4) is 0 Å². The minimum atomic E-state index is 0.556. The highest BCUT2D eigenvalue weighted by atomic mass is 15.2. The van der Waals surface area contributed by atoms with Crippen LogP contribution in [0, 0.1) is 0 Å². The van der Waals surface area contributed by atoms with Crippen LogP contribution in [0.3, 0.4) is 0 Å². The third kappa shape index (κ3) is 6.60. The molecule has 0 aliphatic rings. The second kappa shape index (κ2) is 8.94. The lowest BCUT2D eigenvalue weighted by molar-refractivity contribution is 0.195. The summed E-state index contributed by atoms with van der Waals surface area (Å²) in [6.07, 6.45) is 1.21. The molecule has 0 spiro atoms. The van der Waals surface area contributed by atoms with Crippen LogP contribution in [0.2, 0.25) is 0 Å². The van der Waals surface area contributed by atoms with Crippen LogP contribution in [0.1, 0.15) is 20.3 Å². The topological polar surface area (TPSA) is 18.5 Å². The molecule has 0 aromatic heterocycles. The smallest absolute Gasteiger partial charge is 0.0340 e. The number of benzene rings is 1. The van der Waals surface area contributed by atoms with Crippen molar-refractivity contribution in [2.75, 3.05) is 45.6 Å². The number of hydrogen-bond donors (Lipinski definition) is 1. The molecule has 1 unspecified atom stereocenters. The van der Waals surface area contributed by atoms with E-state index in [4.69, 9.17) is 0 Å². The summed E-state index contributed by atoms with van der Waals surface area (Å²) in [5.74, 6) is 0. The summed E-state index contributed by atoms with van der Waals surface area (Å²) in [7, 11) is 4.27. The molecule has 0 aliphatic heterocycles. The van der Waals surface area contributed by atoms with Crippen LogP contribution in [0.4, 0.5) is 5.69 Å². The highest BCUT2D eigenvalue weighted by Crippen LogP contribution is 2.07. The van der Waals surface area contributed by atoms with Gasteiger partial charge in [0.25, 0.3) is 0 Å². The number of hydrogen-bond acceptors (Lipinski definition) is 3. The molecule has 3 heteroatoms. The van der Waals surface area contributed by atoms with Gasteiger partial charge >= 0.3 is 0 Å². The number of nitrogens with zero attached hydrogens (tertiary/aromatic N) is 2. The quantitative estimate of drug-likeness (QED) is 0.739. The van der Waals surface area contributed by atoms with E-state index >= 15 is 0 Å². The van der Waals surface area contributed by atoms with Crippen molar-refractivity contribution in [3.63, 3.8) is 0 Å². The fourth-order valence-electron chi connectivity index (χ4n) is 2.12. The normalized spacial score (nSPS) is 12.9. The van der Waals surface area contributed by atoms with E-state index in [0.717, 1.165) is 19.6 Å². The molecule has 0 bridgehead atoms. The number of rotatable bonds is 9. The van der Waals surface area contributed by atoms with Crippen LogP contribution < -0.4 is 5.32 Å². The van der Waals surface area contributed by atoms with E-state index in [2.05, 4.69) is 73.4 Å². The Hall–Kier alpha value is -1.06. The molecule has 1 aromatic rings. The van der Waals surface area contributed by atoms with Gasteiger partial charge in [-0.15, -0.1) is 0 Å². The number of likely N-dealkylation sites (N-methyl/N-ethyl adjacent to an activating group) is 1. The van der Waals surface area contributed by atoms with Crippen LogP contribution in [0.15, 0.2) is 30.3 Å². The first-order valence-electron chi connectivity index (χ1n) is 7.31. The minimum absolute atomic E-state index is 0.556. The van der Waals surface area contributed by atoms with Crippen molar-refractivity contribution >= 4 is 5.69 Å². The third-order valence-electron chi connectivity index (χ3n) is 3.34. The standard InChI is InChI=1S/C16H29N3/c1-5-11-19(13-12-18(3)4)15(2)14-17-16-9-7-6-8-10-16/h6-10,15,17H,5,11-14H2,1-4H3. The first kappa shape index (κ1) is 16.0. The molecule has 1 N–H and O–H groups in total. The predicted molar refractivity (Wildman–Crippen MR) is 84.8 cm³/mol. The van der Waals surface area contributed by atoms with Crippen LogP contribution in [0.25, 0.3) is 0 Å². The van der Waals surface area contributed by atoms with E-state index in [9.17, 15) is 0 Å². The lowest BCUT2D eigenvalue weighted by atomic mass is 10.2. The summed E-state index contributed by atoms with van der Waals surface area (Å²) in [5, 5.41) is 3.52. The Bertz CT molecular complexity index is 324. The summed E-state index contributed by atoms with van der Waals surface area (Å²) in [4.78, 5) is 4.82. The Morgan fingerprint density at radius 3 is 2.32 bits per heavy atom. The first-order chi connectivity index (χ1) is 9.13. The van der Waals surface area contributed by atoms with E-state index in [-0.39, 0.29) is 0 Å². The highest BCUT2D eigenvalue weighted by molar-refractivity contribution is 5.42. The average Bonchev–Trinajstić information content (AvgIpc) is 2.41. The van der Waals surface area contributed by atoms with Gasteiger partial charge in [0, 0.05) is 31.4 Å². The Labute approximate surface area is 118 Å². The largest absolute Gasteiger partial charge is 0.383 e. The minimum Gasteiger partial charge on any atom is -0.383 e. The molecular formula is C16H29N3. The third-order valence-corrected chi connectivity index (χ3v) is 3.34. The van der Waals surface area contributed by atoms with Crippen molar-refractivity contribution in [2.24, 2.45) is 0 Å². The van der Waals surface area contributed by atoms with Gasteiger partial charge in [0.05, 0.1) is 0 Å². The summed E-state index contributed by atoms with van der Waals surface area (Å²) in [6, 6.07) is 11.0. The highest BCUT2D eigenvalue weighted by Gasteiger charge is 2.12. The van der Waals surface area contributed by atoms with E-state index in [1.54, 1.807) is 0 Å². The van der Waals surface area contributed by atoms with Crippen molar-refractivity contribution in [1.82, 2.24) is 9.80 Å². The summed E-state index contributed by atoms with van der Waals surface area (Å²) < 4.78 is 0. The molecule has 1 aromatic carbocycles. The van der Waals surface area contributed by atoms with Crippen LogP contribution in [-0.4, -0.2) is 56.1 Å². The Morgan fingerprint density at radius 1 is 1.05 bits per heavy atom. The van der Waals surface area contributed by atoms with Crippen LogP contribution in [0.5, 0.6) is 0 Å². The first-order valence-corrected chi connectivity index (χ1v) is 7.31. The van der Waals surface area contributed by atoms with E-state index in [1.807, 2.05) is 0 Å².